The zero-order chi connectivity index (χ0) is 29.7. The molecule has 3 N–H and O–H groups in total. The Kier molecular flexibility index (Phi) is 8.94. The van der Waals surface area contributed by atoms with E-state index in [1.807, 2.05) is 51.1 Å². The first-order chi connectivity index (χ1) is 19.5. The van der Waals surface area contributed by atoms with Crippen molar-refractivity contribution in [2.45, 2.75) is 71.4 Å². The molecule has 10 nitrogen and oxygen atoms in total. The molecule has 2 aromatic carbocycles. The number of benzene rings is 2. The van der Waals surface area contributed by atoms with Gasteiger partial charge in [-0.05, 0) is 46.6 Å². The fourth-order valence-corrected chi connectivity index (χ4v) is 4.62. The predicted octanol–water partition coefficient (Wildman–Crippen LogP) is 6.07. The molecule has 3 heterocycles. The second-order valence-electron chi connectivity index (χ2n) is 9.91. The molecule has 4 aromatic rings. The summed E-state index contributed by atoms with van der Waals surface area (Å²) in [7, 11) is 0. The number of carbonyl (C=O) groups is 1. The lowest BCUT2D eigenvalue weighted by atomic mass is 10.1. The minimum atomic E-state index is -5.08. The van der Waals surface area contributed by atoms with Crippen LogP contribution in [0.2, 0.25) is 0 Å². The lowest BCUT2D eigenvalue weighted by molar-refractivity contribution is -0.192. The number of nitrogens with one attached hydrogen (secondary N) is 2. The fourth-order valence-electron chi connectivity index (χ4n) is 4.62. The van der Waals surface area contributed by atoms with Crippen LogP contribution in [0.15, 0.2) is 48.5 Å². The largest absolute Gasteiger partial charge is 0.491 e. The number of aliphatic carboxylic acids is 1. The van der Waals surface area contributed by atoms with E-state index in [2.05, 4.69) is 60.7 Å². The van der Waals surface area contributed by atoms with Crippen LogP contribution in [0.5, 0.6) is 5.75 Å². The van der Waals surface area contributed by atoms with Gasteiger partial charge in [0.2, 0.25) is 0 Å². The molecule has 2 aromatic heterocycles. The number of halogens is 3. The molecule has 1 unspecified atom stereocenters. The Balaban J connectivity index is 0.000000493. The molecular weight excluding hydrogens is 539 g/mol. The number of aromatic nitrogens is 5. The molecule has 13 heteroatoms. The van der Waals surface area contributed by atoms with Crippen molar-refractivity contribution in [3.8, 4) is 5.75 Å². The van der Waals surface area contributed by atoms with Crippen molar-refractivity contribution in [3.05, 3.63) is 65.7 Å². The third-order valence-electron chi connectivity index (χ3n) is 6.49. The van der Waals surface area contributed by atoms with Crippen molar-refractivity contribution in [2.75, 3.05) is 10.6 Å². The van der Waals surface area contributed by atoms with Crippen molar-refractivity contribution in [2.24, 2.45) is 0 Å². The normalized spacial score (nSPS) is 15.5. The van der Waals surface area contributed by atoms with Gasteiger partial charge in [0, 0.05) is 22.9 Å². The van der Waals surface area contributed by atoms with Crippen molar-refractivity contribution < 1.29 is 27.8 Å². The van der Waals surface area contributed by atoms with Crippen LogP contribution in [0.25, 0.3) is 10.8 Å². The average molecular weight is 572 g/mol. The molecule has 0 bridgehead atoms. The van der Waals surface area contributed by atoms with Crippen LogP contribution in [-0.2, 0) is 11.3 Å². The first-order valence-corrected chi connectivity index (χ1v) is 13.2. The zero-order valence-corrected chi connectivity index (χ0v) is 23.1. The van der Waals surface area contributed by atoms with E-state index in [9.17, 15) is 13.2 Å². The third-order valence-corrected chi connectivity index (χ3v) is 6.49. The number of anilines is 2. The number of carboxylic acid groups (broad SMARTS) is 1. The van der Waals surface area contributed by atoms with E-state index in [-0.39, 0.29) is 18.2 Å². The van der Waals surface area contributed by atoms with E-state index in [4.69, 9.17) is 14.6 Å². The Morgan fingerprint density at radius 1 is 1.00 bits per heavy atom. The van der Waals surface area contributed by atoms with Gasteiger partial charge in [0.15, 0.2) is 17.5 Å². The maximum absolute atomic E-state index is 10.6. The third kappa shape index (κ3) is 7.02. The highest BCUT2D eigenvalue weighted by molar-refractivity contribution is 5.98. The van der Waals surface area contributed by atoms with Gasteiger partial charge in [0.25, 0.3) is 0 Å². The summed E-state index contributed by atoms with van der Waals surface area (Å²) in [6.07, 6.45) is -2.92. The molecule has 5 rings (SSSR count). The van der Waals surface area contributed by atoms with Gasteiger partial charge >= 0.3 is 12.1 Å². The number of carboxylic acids is 1. The van der Waals surface area contributed by atoms with Gasteiger partial charge in [-0.3, -0.25) is 0 Å². The van der Waals surface area contributed by atoms with Gasteiger partial charge in [0.05, 0.1) is 18.2 Å². The van der Waals surface area contributed by atoms with E-state index in [1.54, 1.807) is 0 Å². The highest BCUT2D eigenvalue weighted by Crippen LogP contribution is 2.34. The van der Waals surface area contributed by atoms with E-state index in [0.29, 0.717) is 0 Å². The summed E-state index contributed by atoms with van der Waals surface area (Å²) in [6.45, 7) is 9.15. The number of alkyl halides is 3. The minimum absolute atomic E-state index is 0.00802. The van der Waals surface area contributed by atoms with Crippen LogP contribution in [0.1, 0.15) is 62.9 Å². The van der Waals surface area contributed by atoms with Crippen molar-refractivity contribution in [3.63, 3.8) is 0 Å². The average Bonchev–Trinajstić information content (AvgIpc) is 3.31. The van der Waals surface area contributed by atoms with Crippen molar-refractivity contribution in [1.82, 2.24) is 25.0 Å². The van der Waals surface area contributed by atoms with Crippen LogP contribution >= 0.6 is 0 Å². The van der Waals surface area contributed by atoms with Gasteiger partial charge in [0.1, 0.15) is 11.6 Å². The van der Waals surface area contributed by atoms with E-state index in [1.165, 1.54) is 0 Å². The fraction of sp³-hybridized carbons (Fsp3) is 0.393. The molecule has 0 aliphatic carbocycles. The van der Waals surface area contributed by atoms with Crippen LogP contribution in [0, 0.1) is 6.92 Å². The van der Waals surface area contributed by atoms with Gasteiger partial charge in [-0.25, -0.2) is 4.79 Å². The topological polar surface area (TPSA) is 127 Å². The SMILES string of the molecule is Cc1nnc2n1CCCC2Nc1nnc(N[C@H](C)c2ccccc2OC(C)C)c2ccccc12.O=C(O)C(F)(F)F. The number of para-hydroxylation sites is 1. The summed E-state index contributed by atoms with van der Waals surface area (Å²) < 4.78 is 39.9. The van der Waals surface area contributed by atoms with E-state index in [0.717, 1.165) is 64.8 Å². The van der Waals surface area contributed by atoms with Gasteiger partial charge in [-0.1, -0.05) is 42.5 Å². The molecule has 0 fully saturated rings. The minimum Gasteiger partial charge on any atom is -0.491 e. The number of ether oxygens (including phenoxy) is 1. The molecule has 0 radical (unpaired) electrons. The summed E-state index contributed by atoms with van der Waals surface area (Å²) in [5.74, 6) is 1.55. The van der Waals surface area contributed by atoms with Crippen LogP contribution in [0.3, 0.4) is 0 Å². The number of fused-ring (bicyclic) bond motifs is 2. The Labute approximate surface area is 235 Å². The summed E-state index contributed by atoms with van der Waals surface area (Å²) >= 11 is 0. The highest BCUT2D eigenvalue weighted by atomic mass is 19.4. The highest BCUT2D eigenvalue weighted by Gasteiger charge is 2.38. The molecule has 1 aliphatic heterocycles. The maximum atomic E-state index is 10.6. The molecule has 0 saturated heterocycles. The van der Waals surface area contributed by atoms with Gasteiger partial charge in [-0.15, -0.1) is 20.4 Å². The second kappa shape index (κ2) is 12.4. The lowest BCUT2D eigenvalue weighted by Gasteiger charge is -2.25. The van der Waals surface area contributed by atoms with Gasteiger partial charge < -0.3 is 25.0 Å². The van der Waals surface area contributed by atoms with Crippen LogP contribution in [-0.4, -0.2) is 48.3 Å². The molecule has 2 atom stereocenters. The van der Waals surface area contributed by atoms with Gasteiger partial charge in [-0.2, -0.15) is 13.2 Å². The smallest absolute Gasteiger partial charge is 0.490 e. The summed E-state index contributed by atoms with van der Waals surface area (Å²) in [6, 6.07) is 16.4. The molecule has 0 saturated carbocycles. The molecule has 218 valence electrons. The number of hydrogen-bond donors (Lipinski definition) is 3. The first kappa shape index (κ1) is 29.6. The van der Waals surface area contributed by atoms with E-state index < -0.39 is 12.1 Å². The van der Waals surface area contributed by atoms with Crippen molar-refractivity contribution >= 4 is 28.4 Å². The Morgan fingerprint density at radius 3 is 2.27 bits per heavy atom. The Hall–Kier alpha value is -4.42. The van der Waals surface area contributed by atoms with Crippen LogP contribution < -0.4 is 15.4 Å². The molecule has 41 heavy (non-hydrogen) atoms. The molecule has 0 spiro atoms. The monoisotopic (exact) mass is 571 g/mol. The van der Waals surface area contributed by atoms with Crippen molar-refractivity contribution in [1.29, 1.82) is 0 Å². The number of nitrogens with zero attached hydrogens (tertiary/aromatic N) is 5. The van der Waals surface area contributed by atoms with E-state index >= 15 is 0 Å². The number of hydrogen-bond acceptors (Lipinski definition) is 8. The maximum Gasteiger partial charge on any atom is 0.490 e. The zero-order valence-electron chi connectivity index (χ0n) is 23.1. The summed E-state index contributed by atoms with van der Waals surface area (Å²) in [4.78, 5) is 8.90. The number of rotatable bonds is 7. The lowest BCUT2D eigenvalue weighted by Crippen LogP contribution is -2.23. The molecule has 0 amide bonds. The summed E-state index contributed by atoms with van der Waals surface area (Å²) in [5, 5.41) is 34.2. The van der Waals surface area contributed by atoms with Crippen LogP contribution in [0.4, 0.5) is 24.8 Å². The molecule has 1 aliphatic rings. The summed E-state index contributed by atoms with van der Waals surface area (Å²) in [5.41, 5.74) is 1.08. The second-order valence-corrected chi connectivity index (χ2v) is 9.91. The Morgan fingerprint density at radius 2 is 1.61 bits per heavy atom. The standard InChI is InChI=1S/C26H31N7O.C2HF3O2/c1-16(2)34-23-14-8-7-10-19(23)17(3)27-24-20-11-5-6-12-21(20)25(31-30-24)28-22-13-9-15-33-18(4)29-32-26(22)33;3-2(4,5)1(6)7/h5-8,10-12,14,16-17,22H,9,13,15H2,1-4H3,(H,27,30)(H,28,31);(H,6,7)/t17-,22?;/m1./s1. The first-order valence-electron chi connectivity index (χ1n) is 13.2. The quantitative estimate of drug-likeness (QED) is 0.242. The Bertz CT molecular complexity index is 1510. The number of aryl methyl sites for hydroxylation is 1. The molecular formula is C28H32F3N7O3. The predicted molar refractivity (Wildman–Crippen MR) is 148 cm³/mol.